The molecule has 1 aliphatic rings. The normalized spacial score (nSPS) is 16.8. The van der Waals surface area contributed by atoms with Crippen LogP contribution in [0, 0.1) is 6.92 Å². The lowest BCUT2D eigenvalue weighted by Crippen LogP contribution is -2.50. The molecule has 1 aliphatic heterocycles. The largest absolute Gasteiger partial charge is 0.361 e. The molecule has 3 atom stereocenters. The number of nitrogens with one attached hydrogen (secondary N) is 3. The van der Waals surface area contributed by atoms with Gasteiger partial charge in [0.1, 0.15) is 17.6 Å². The number of benzene rings is 2. The number of carbonyl (C=O) groups is 3. The number of hydrogen-bond acceptors (Lipinski definition) is 6. The molecular formula is C28H30N6O4. The predicted molar refractivity (Wildman–Crippen MR) is 140 cm³/mol. The van der Waals surface area contributed by atoms with Gasteiger partial charge in [0.2, 0.25) is 11.8 Å². The zero-order chi connectivity index (χ0) is 26.6. The lowest BCUT2D eigenvalue weighted by molar-refractivity contribution is -0.135. The Morgan fingerprint density at radius 1 is 1.11 bits per heavy atom. The average Bonchev–Trinajstić information content (AvgIpc) is 3.68. The first-order valence-electron chi connectivity index (χ1n) is 12.7. The van der Waals surface area contributed by atoms with Gasteiger partial charge in [-0.1, -0.05) is 47.6 Å². The number of hydrogen-bond donors (Lipinski definition) is 3. The molecule has 0 radical (unpaired) electrons. The van der Waals surface area contributed by atoms with E-state index in [2.05, 4.69) is 25.8 Å². The van der Waals surface area contributed by atoms with Crippen molar-refractivity contribution < 1.29 is 18.9 Å². The molecule has 0 aliphatic carbocycles. The smallest absolute Gasteiger partial charge is 0.274 e. The van der Waals surface area contributed by atoms with Crippen LogP contribution >= 0.6 is 0 Å². The summed E-state index contributed by atoms with van der Waals surface area (Å²) in [6.07, 6.45) is 1.53. The number of aromatic amines is 1. The van der Waals surface area contributed by atoms with E-state index in [1.54, 1.807) is 18.7 Å². The van der Waals surface area contributed by atoms with Crippen LogP contribution in [0.4, 0.5) is 0 Å². The predicted octanol–water partition coefficient (Wildman–Crippen LogP) is 3.59. The fourth-order valence-electron chi connectivity index (χ4n) is 4.85. The summed E-state index contributed by atoms with van der Waals surface area (Å²) in [5.74, 6) is -0.243. The number of aryl methyl sites for hydroxylation is 1. The van der Waals surface area contributed by atoms with Crippen LogP contribution < -0.4 is 10.6 Å². The van der Waals surface area contributed by atoms with Gasteiger partial charge in [-0.3, -0.25) is 14.4 Å². The number of imidazole rings is 1. The van der Waals surface area contributed by atoms with E-state index in [1.165, 1.54) is 6.07 Å². The molecule has 2 unspecified atom stereocenters. The van der Waals surface area contributed by atoms with Crippen molar-refractivity contribution in [3.05, 3.63) is 83.5 Å². The van der Waals surface area contributed by atoms with Crippen molar-refractivity contribution in [3.8, 4) is 0 Å². The van der Waals surface area contributed by atoms with Crippen molar-refractivity contribution in [2.24, 2.45) is 0 Å². The molecule has 1 saturated heterocycles. The van der Waals surface area contributed by atoms with Gasteiger partial charge in [0.05, 0.1) is 29.5 Å². The number of fused-ring (bicyclic) bond motifs is 1. The molecule has 0 bridgehead atoms. The van der Waals surface area contributed by atoms with E-state index in [-0.39, 0.29) is 24.1 Å². The minimum Gasteiger partial charge on any atom is -0.361 e. The fraction of sp³-hybridized carbons (Fsp3) is 0.321. The third kappa shape index (κ3) is 5.44. The molecule has 0 spiro atoms. The second-order valence-electron chi connectivity index (χ2n) is 9.58. The van der Waals surface area contributed by atoms with Gasteiger partial charge < -0.3 is 25.0 Å². The molecule has 10 nitrogen and oxygen atoms in total. The summed E-state index contributed by atoms with van der Waals surface area (Å²) in [4.78, 5) is 49.3. The van der Waals surface area contributed by atoms with Crippen molar-refractivity contribution >= 4 is 28.8 Å². The van der Waals surface area contributed by atoms with E-state index in [1.807, 2.05) is 54.6 Å². The monoisotopic (exact) mass is 514 g/mol. The zero-order valence-corrected chi connectivity index (χ0v) is 21.3. The maximum Gasteiger partial charge on any atom is 0.274 e. The molecule has 0 saturated carbocycles. The number of rotatable bonds is 8. The zero-order valence-electron chi connectivity index (χ0n) is 21.3. The number of nitrogens with zero attached hydrogens (tertiary/aromatic N) is 3. The van der Waals surface area contributed by atoms with Crippen molar-refractivity contribution in [1.82, 2.24) is 30.7 Å². The second-order valence-corrected chi connectivity index (χ2v) is 9.58. The highest BCUT2D eigenvalue weighted by molar-refractivity contribution is 5.98. The van der Waals surface area contributed by atoms with Crippen molar-refractivity contribution in [2.45, 2.75) is 51.2 Å². The van der Waals surface area contributed by atoms with Gasteiger partial charge in [-0.05, 0) is 44.4 Å². The topological polar surface area (TPSA) is 133 Å². The molecule has 2 aromatic heterocycles. The van der Waals surface area contributed by atoms with Gasteiger partial charge in [-0.2, -0.15) is 0 Å². The lowest BCUT2D eigenvalue weighted by Gasteiger charge is -2.27. The number of amides is 3. The van der Waals surface area contributed by atoms with Crippen LogP contribution in [-0.2, 0) is 9.59 Å². The maximum atomic E-state index is 13.5. The van der Waals surface area contributed by atoms with Gasteiger partial charge in [0.15, 0.2) is 5.69 Å². The Labute approximate surface area is 219 Å². The Bertz CT molecular complexity index is 1410. The molecule has 3 N–H and O–H groups in total. The molecule has 5 rings (SSSR count). The summed E-state index contributed by atoms with van der Waals surface area (Å²) in [5.41, 5.74) is 2.73. The van der Waals surface area contributed by atoms with Crippen LogP contribution in [0.5, 0.6) is 0 Å². The highest BCUT2D eigenvalue weighted by atomic mass is 16.5. The number of carbonyl (C=O) groups excluding carboxylic acids is 3. The quantitative estimate of drug-likeness (QED) is 0.329. The van der Waals surface area contributed by atoms with Crippen LogP contribution in [0.15, 0.2) is 65.2 Å². The van der Waals surface area contributed by atoms with E-state index < -0.39 is 23.9 Å². The van der Waals surface area contributed by atoms with Gasteiger partial charge in [-0.15, -0.1) is 0 Å². The fourth-order valence-corrected chi connectivity index (χ4v) is 4.85. The van der Waals surface area contributed by atoms with Crippen molar-refractivity contribution in [1.29, 1.82) is 0 Å². The molecule has 1 fully saturated rings. The SMILES string of the molecule is Cc1cc(C(=O)N[C@@H](CC(=O)N2CCCC2c2ccccc2)C(=O)NC(C)c2nc3ccccc3[nH]2)no1. The molecule has 3 heterocycles. The summed E-state index contributed by atoms with van der Waals surface area (Å²) in [5, 5.41) is 9.32. The van der Waals surface area contributed by atoms with Crippen LogP contribution in [0.25, 0.3) is 11.0 Å². The molecule has 10 heteroatoms. The maximum absolute atomic E-state index is 13.5. The third-order valence-corrected chi connectivity index (χ3v) is 6.80. The minimum absolute atomic E-state index is 0.0430. The average molecular weight is 515 g/mol. The van der Waals surface area contributed by atoms with Gasteiger partial charge in [0.25, 0.3) is 5.91 Å². The highest BCUT2D eigenvalue weighted by Gasteiger charge is 2.34. The summed E-state index contributed by atoms with van der Waals surface area (Å²) in [6, 6.07) is 17.2. The number of H-pyrrole nitrogens is 1. The van der Waals surface area contributed by atoms with Crippen molar-refractivity contribution in [3.63, 3.8) is 0 Å². The number of likely N-dealkylation sites (tertiary alicyclic amines) is 1. The molecule has 38 heavy (non-hydrogen) atoms. The molecule has 196 valence electrons. The number of para-hydroxylation sites is 2. The van der Waals surface area contributed by atoms with E-state index in [0.29, 0.717) is 18.1 Å². The Morgan fingerprint density at radius 3 is 2.61 bits per heavy atom. The Hall–Kier alpha value is -4.47. The van der Waals surface area contributed by atoms with Crippen LogP contribution in [0.2, 0.25) is 0 Å². The third-order valence-electron chi connectivity index (χ3n) is 6.80. The summed E-state index contributed by atoms with van der Waals surface area (Å²) in [7, 11) is 0. The van der Waals surface area contributed by atoms with Gasteiger partial charge in [-0.25, -0.2) is 4.98 Å². The van der Waals surface area contributed by atoms with E-state index in [9.17, 15) is 14.4 Å². The standard InChI is InChI=1S/C28H30N6O4/c1-17-15-23(33-38-17)28(37)32-22(16-25(35)34-14-8-13-24(34)19-9-4-3-5-10-19)27(36)29-18(2)26-30-20-11-6-7-12-21(20)31-26/h3-7,9-12,15,18,22,24H,8,13-14,16H2,1-2H3,(H,29,36)(H,30,31)(H,32,37)/t18?,22-,24?/m0/s1. The highest BCUT2D eigenvalue weighted by Crippen LogP contribution is 2.32. The summed E-state index contributed by atoms with van der Waals surface area (Å²) < 4.78 is 5.01. The van der Waals surface area contributed by atoms with E-state index >= 15 is 0 Å². The summed E-state index contributed by atoms with van der Waals surface area (Å²) >= 11 is 0. The van der Waals surface area contributed by atoms with Crippen LogP contribution in [0.1, 0.15) is 65.9 Å². The molecule has 4 aromatic rings. The van der Waals surface area contributed by atoms with Crippen molar-refractivity contribution in [2.75, 3.05) is 6.54 Å². The number of aromatic nitrogens is 3. The first kappa shape index (κ1) is 25.2. The first-order valence-corrected chi connectivity index (χ1v) is 12.7. The van der Waals surface area contributed by atoms with Gasteiger partial charge >= 0.3 is 0 Å². The molecule has 2 aromatic carbocycles. The first-order chi connectivity index (χ1) is 18.4. The van der Waals surface area contributed by atoms with E-state index in [0.717, 1.165) is 29.4 Å². The Morgan fingerprint density at radius 2 is 1.87 bits per heavy atom. The summed E-state index contributed by atoms with van der Waals surface area (Å²) in [6.45, 7) is 4.06. The second kappa shape index (κ2) is 10.9. The Balaban J connectivity index is 1.33. The lowest BCUT2D eigenvalue weighted by atomic mass is 10.0. The molecule has 3 amide bonds. The van der Waals surface area contributed by atoms with Crippen LogP contribution in [0.3, 0.4) is 0 Å². The molecular weight excluding hydrogens is 484 g/mol. The van der Waals surface area contributed by atoms with E-state index in [4.69, 9.17) is 4.52 Å². The van der Waals surface area contributed by atoms with Crippen LogP contribution in [-0.4, -0.2) is 50.3 Å². The van der Waals surface area contributed by atoms with Gasteiger partial charge in [0, 0.05) is 12.6 Å². The Kier molecular flexibility index (Phi) is 7.21. The minimum atomic E-state index is -1.11.